The molecule has 9 unspecified atom stereocenters. The van der Waals surface area contributed by atoms with Gasteiger partial charge < -0.3 is 4.90 Å². The van der Waals surface area contributed by atoms with Gasteiger partial charge in [0.25, 0.3) is 0 Å². The highest BCUT2D eigenvalue weighted by Crippen LogP contribution is 2.68. The van der Waals surface area contributed by atoms with Gasteiger partial charge in [0.15, 0.2) is 0 Å². The van der Waals surface area contributed by atoms with Gasteiger partial charge in [-0.2, -0.15) is 0 Å². The van der Waals surface area contributed by atoms with E-state index in [0.717, 1.165) is 41.4 Å². The molecule has 0 bridgehead atoms. The van der Waals surface area contributed by atoms with Gasteiger partial charge in [0.1, 0.15) is 0 Å². The van der Waals surface area contributed by atoms with Crippen molar-refractivity contribution in [1.29, 1.82) is 0 Å². The maximum atomic E-state index is 2.75. The molecule has 0 aromatic rings. The van der Waals surface area contributed by atoms with Crippen LogP contribution in [0.15, 0.2) is 0 Å². The fourth-order valence-electron chi connectivity index (χ4n) is 9.33. The van der Waals surface area contributed by atoms with E-state index in [9.17, 15) is 0 Å². The smallest absolute Gasteiger partial charge is 0.0110 e. The van der Waals surface area contributed by atoms with Crippen LogP contribution in [0.2, 0.25) is 0 Å². The standard InChI is InChI=1S/C26H45N/c1-18-9-12-25(3)20(17-18)5-6-21-23-8-7-22(19(2)11-14-27-15-16-27)26(23,4)13-10-24(21)25/h18-24H,5-17H2,1-4H3. The molecule has 1 heteroatoms. The number of rotatable bonds is 4. The van der Waals surface area contributed by atoms with Gasteiger partial charge in [0, 0.05) is 13.1 Å². The zero-order valence-corrected chi connectivity index (χ0v) is 18.7. The Morgan fingerprint density at radius 3 is 2.41 bits per heavy atom. The molecule has 5 rings (SSSR count). The molecule has 0 N–H and O–H groups in total. The molecule has 154 valence electrons. The Hall–Kier alpha value is -0.0400. The predicted molar refractivity (Wildman–Crippen MR) is 115 cm³/mol. The number of hydrogen-bond acceptors (Lipinski definition) is 1. The van der Waals surface area contributed by atoms with Crippen LogP contribution < -0.4 is 0 Å². The number of hydrogen-bond donors (Lipinski definition) is 0. The Morgan fingerprint density at radius 2 is 1.63 bits per heavy atom. The van der Waals surface area contributed by atoms with Crippen molar-refractivity contribution in [2.45, 2.75) is 91.9 Å². The van der Waals surface area contributed by atoms with Crippen LogP contribution in [0.25, 0.3) is 0 Å². The van der Waals surface area contributed by atoms with E-state index >= 15 is 0 Å². The first-order chi connectivity index (χ1) is 12.9. The minimum Gasteiger partial charge on any atom is -0.301 e. The Labute approximate surface area is 169 Å². The summed E-state index contributed by atoms with van der Waals surface area (Å²) in [5.74, 6) is 7.20. The van der Waals surface area contributed by atoms with Gasteiger partial charge in [-0.15, -0.1) is 0 Å². The summed E-state index contributed by atoms with van der Waals surface area (Å²) in [6, 6.07) is 0. The van der Waals surface area contributed by atoms with E-state index in [0.29, 0.717) is 10.8 Å². The van der Waals surface area contributed by atoms with E-state index in [1.165, 1.54) is 38.9 Å². The van der Waals surface area contributed by atoms with Gasteiger partial charge in [-0.25, -0.2) is 0 Å². The Bertz CT molecular complexity index is 552. The van der Waals surface area contributed by atoms with Crippen LogP contribution in [0.5, 0.6) is 0 Å². The van der Waals surface area contributed by atoms with Crippen LogP contribution in [0.1, 0.15) is 91.9 Å². The quantitative estimate of drug-likeness (QED) is 0.502. The van der Waals surface area contributed by atoms with Crippen LogP contribution in [0.3, 0.4) is 0 Å². The van der Waals surface area contributed by atoms with Gasteiger partial charge in [-0.1, -0.05) is 34.1 Å². The molecule has 5 fully saturated rings. The molecule has 0 amide bonds. The summed E-state index contributed by atoms with van der Waals surface area (Å²) >= 11 is 0. The molecule has 27 heavy (non-hydrogen) atoms. The normalized spacial score (nSPS) is 53.3. The summed E-state index contributed by atoms with van der Waals surface area (Å²) in [6.45, 7) is 14.7. The predicted octanol–water partition coefficient (Wildman–Crippen LogP) is 6.62. The second-order valence-electron chi connectivity index (χ2n) is 12.4. The molecule has 0 spiro atoms. The van der Waals surface area contributed by atoms with Gasteiger partial charge in [-0.05, 0) is 117 Å². The largest absolute Gasteiger partial charge is 0.301 e. The molecule has 0 aromatic carbocycles. The third-order valence-corrected chi connectivity index (χ3v) is 11.1. The fourth-order valence-corrected chi connectivity index (χ4v) is 9.33. The minimum atomic E-state index is 0.671. The molecule has 1 aliphatic heterocycles. The SMILES string of the molecule is CC1CCC2(C)C(CCC3C2CCC2(C)C(C(C)CCN4CC4)CCC32)C1. The van der Waals surface area contributed by atoms with Crippen molar-refractivity contribution in [1.82, 2.24) is 4.90 Å². The average molecular weight is 372 g/mol. The Balaban J connectivity index is 1.32. The van der Waals surface area contributed by atoms with Gasteiger partial charge in [0.05, 0.1) is 0 Å². The van der Waals surface area contributed by atoms with Crippen LogP contribution in [-0.4, -0.2) is 24.5 Å². The van der Waals surface area contributed by atoms with E-state index in [1.54, 1.807) is 44.9 Å². The summed E-state index contributed by atoms with van der Waals surface area (Å²) in [5.41, 5.74) is 1.37. The van der Waals surface area contributed by atoms with Gasteiger partial charge in [0.2, 0.25) is 0 Å². The average Bonchev–Trinajstić information content (AvgIpc) is 3.40. The molecule has 4 saturated carbocycles. The summed E-state index contributed by atoms with van der Waals surface area (Å²) < 4.78 is 0. The molecular weight excluding hydrogens is 326 g/mol. The van der Waals surface area contributed by atoms with Gasteiger partial charge >= 0.3 is 0 Å². The van der Waals surface area contributed by atoms with Crippen molar-refractivity contribution in [3.05, 3.63) is 0 Å². The molecular formula is C26H45N. The zero-order chi connectivity index (χ0) is 18.8. The first kappa shape index (κ1) is 19.0. The molecule has 0 radical (unpaired) electrons. The highest BCUT2D eigenvalue weighted by molar-refractivity contribution is 5.09. The number of fused-ring (bicyclic) bond motifs is 5. The molecule has 1 saturated heterocycles. The lowest BCUT2D eigenvalue weighted by molar-refractivity contribution is -0.120. The molecule has 4 aliphatic carbocycles. The Morgan fingerprint density at radius 1 is 0.889 bits per heavy atom. The molecule has 1 nitrogen and oxygen atoms in total. The fraction of sp³-hybridized carbons (Fsp3) is 1.00. The van der Waals surface area contributed by atoms with Crippen molar-refractivity contribution in [3.63, 3.8) is 0 Å². The summed E-state index contributed by atoms with van der Waals surface area (Å²) in [5, 5.41) is 0. The lowest BCUT2D eigenvalue weighted by atomic mass is 9.44. The summed E-state index contributed by atoms with van der Waals surface area (Å²) in [6.07, 6.45) is 15.4. The second-order valence-corrected chi connectivity index (χ2v) is 12.4. The van der Waals surface area contributed by atoms with Gasteiger partial charge in [-0.3, -0.25) is 0 Å². The van der Waals surface area contributed by atoms with E-state index in [-0.39, 0.29) is 0 Å². The lowest BCUT2D eigenvalue weighted by Crippen LogP contribution is -2.53. The van der Waals surface area contributed by atoms with Crippen LogP contribution in [0.4, 0.5) is 0 Å². The molecule has 9 atom stereocenters. The topological polar surface area (TPSA) is 3.01 Å². The Kier molecular flexibility index (Phi) is 4.74. The van der Waals surface area contributed by atoms with Crippen molar-refractivity contribution >= 4 is 0 Å². The van der Waals surface area contributed by atoms with Crippen LogP contribution in [0, 0.1) is 52.3 Å². The second kappa shape index (κ2) is 6.75. The highest BCUT2D eigenvalue weighted by Gasteiger charge is 2.60. The number of nitrogens with zero attached hydrogens (tertiary/aromatic N) is 1. The molecule has 1 heterocycles. The first-order valence-corrected chi connectivity index (χ1v) is 12.6. The third kappa shape index (κ3) is 3.04. The third-order valence-electron chi connectivity index (χ3n) is 11.1. The lowest BCUT2D eigenvalue weighted by Gasteiger charge is -2.61. The van der Waals surface area contributed by atoms with E-state index < -0.39 is 0 Å². The van der Waals surface area contributed by atoms with E-state index in [2.05, 4.69) is 32.6 Å². The highest BCUT2D eigenvalue weighted by atomic mass is 15.2. The monoisotopic (exact) mass is 371 g/mol. The minimum absolute atomic E-state index is 0.671. The maximum Gasteiger partial charge on any atom is 0.0110 e. The van der Waals surface area contributed by atoms with Crippen LogP contribution in [-0.2, 0) is 0 Å². The van der Waals surface area contributed by atoms with E-state index in [1.807, 2.05) is 0 Å². The van der Waals surface area contributed by atoms with Crippen molar-refractivity contribution < 1.29 is 0 Å². The summed E-state index contributed by atoms with van der Waals surface area (Å²) in [7, 11) is 0. The maximum absolute atomic E-state index is 2.75. The van der Waals surface area contributed by atoms with Crippen LogP contribution >= 0.6 is 0 Å². The van der Waals surface area contributed by atoms with Crippen molar-refractivity contribution in [2.24, 2.45) is 52.3 Å². The van der Waals surface area contributed by atoms with Crippen molar-refractivity contribution in [2.75, 3.05) is 19.6 Å². The van der Waals surface area contributed by atoms with E-state index in [4.69, 9.17) is 0 Å². The molecule has 0 aromatic heterocycles. The summed E-state index contributed by atoms with van der Waals surface area (Å²) in [4.78, 5) is 2.63. The zero-order valence-electron chi connectivity index (χ0n) is 18.7. The molecule has 5 aliphatic rings. The first-order valence-electron chi connectivity index (χ1n) is 12.6. The van der Waals surface area contributed by atoms with Crippen molar-refractivity contribution in [3.8, 4) is 0 Å².